The van der Waals surface area contributed by atoms with Crippen molar-refractivity contribution in [3.05, 3.63) is 194 Å². The van der Waals surface area contributed by atoms with Crippen molar-refractivity contribution in [3.63, 3.8) is 0 Å². The minimum atomic E-state index is 0.874. The summed E-state index contributed by atoms with van der Waals surface area (Å²) in [4.78, 5) is 2.40. The van der Waals surface area contributed by atoms with Gasteiger partial charge in [0.25, 0.3) is 0 Å². The number of para-hydroxylation sites is 2. The summed E-state index contributed by atoms with van der Waals surface area (Å²) in [5.74, 6) is 0. The fraction of sp³-hybridized carbons (Fsp3) is 0. The van der Waals surface area contributed by atoms with Crippen molar-refractivity contribution >= 4 is 103 Å². The van der Waals surface area contributed by atoms with E-state index in [1.165, 1.54) is 52.9 Å². The molecule has 12 aromatic rings. The third kappa shape index (κ3) is 4.70. The van der Waals surface area contributed by atoms with E-state index < -0.39 is 0 Å². The standard InChI is InChI=1S/C52H32N2OS/c1-2-14-39-34(11-1)25-29-43-51-47(20-10-21-48(51)55-52(39)43)53(38-28-30-50-44(32-38)42-17-5-8-22-49(42)56-50)36-26-23-33(24-27-36)35-12-9-13-37(31-35)54-45-18-6-3-15-40(45)41-16-4-7-19-46(41)54/h1-32H. The van der Waals surface area contributed by atoms with Gasteiger partial charge in [-0.3, -0.25) is 0 Å². The lowest BCUT2D eigenvalue weighted by molar-refractivity contribution is 0.672. The van der Waals surface area contributed by atoms with Gasteiger partial charge >= 0.3 is 0 Å². The SMILES string of the molecule is c1cc(-c2ccc(N(c3ccc4sc5ccccc5c4c3)c3cccc4oc5c6ccccc6ccc5c34)cc2)cc(-n2c3ccccc3c3ccccc32)c1. The maximum absolute atomic E-state index is 6.69. The van der Waals surface area contributed by atoms with Crippen LogP contribution in [0.1, 0.15) is 0 Å². The molecule has 3 aromatic heterocycles. The zero-order chi connectivity index (χ0) is 36.7. The average Bonchev–Trinajstić information content (AvgIpc) is 3.94. The normalized spacial score (nSPS) is 11.9. The monoisotopic (exact) mass is 732 g/mol. The first-order chi connectivity index (χ1) is 27.8. The number of nitrogens with zero attached hydrogens (tertiary/aromatic N) is 2. The molecular formula is C52H32N2OS. The van der Waals surface area contributed by atoms with E-state index in [1.54, 1.807) is 0 Å². The van der Waals surface area contributed by atoms with Gasteiger partial charge in [0.1, 0.15) is 11.2 Å². The van der Waals surface area contributed by atoms with Gasteiger partial charge in [-0.05, 0) is 95.4 Å². The molecule has 0 radical (unpaired) electrons. The molecule has 0 saturated heterocycles. The van der Waals surface area contributed by atoms with Gasteiger partial charge in [-0.15, -0.1) is 11.3 Å². The topological polar surface area (TPSA) is 21.3 Å². The number of furan rings is 1. The highest BCUT2D eigenvalue weighted by Gasteiger charge is 2.21. The number of anilines is 3. The molecule has 0 aliphatic rings. The maximum Gasteiger partial charge on any atom is 0.143 e. The Hall–Kier alpha value is -7.14. The molecule has 0 aliphatic carbocycles. The van der Waals surface area contributed by atoms with Gasteiger partial charge in [0, 0.05) is 58.8 Å². The van der Waals surface area contributed by atoms with Gasteiger partial charge in [0.2, 0.25) is 0 Å². The summed E-state index contributed by atoms with van der Waals surface area (Å²) in [6, 6.07) is 70.2. The van der Waals surface area contributed by atoms with E-state index in [-0.39, 0.29) is 0 Å². The van der Waals surface area contributed by atoms with Crippen LogP contribution in [-0.2, 0) is 0 Å². The Kier molecular flexibility index (Phi) is 6.80. The van der Waals surface area contributed by atoms with Crippen molar-refractivity contribution in [1.29, 1.82) is 0 Å². The zero-order valence-corrected chi connectivity index (χ0v) is 31.0. The molecule has 3 nitrogen and oxygen atoms in total. The molecule has 0 N–H and O–H groups in total. The van der Waals surface area contributed by atoms with Gasteiger partial charge < -0.3 is 13.9 Å². The number of hydrogen-bond donors (Lipinski definition) is 0. The molecule has 4 heteroatoms. The van der Waals surface area contributed by atoms with Gasteiger partial charge in [-0.25, -0.2) is 0 Å². The quantitative estimate of drug-likeness (QED) is 0.176. The molecule has 3 heterocycles. The molecule has 0 spiro atoms. The number of benzene rings is 9. The predicted octanol–water partition coefficient (Wildman–Crippen LogP) is 15.3. The summed E-state index contributed by atoms with van der Waals surface area (Å²) < 4.78 is 11.7. The van der Waals surface area contributed by atoms with Gasteiger partial charge in [-0.2, -0.15) is 0 Å². The highest BCUT2D eigenvalue weighted by Crippen LogP contribution is 2.46. The smallest absolute Gasteiger partial charge is 0.143 e. The van der Waals surface area contributed by atoms with Crippen LogP contribution in [0.4, 0.5) is 17.1 Å². The summed E-state index contributed by atoms with van der Waals surface area (Å²) in [6.07, 6.45) is 0. The Labute approximate surface area is 326 Å². The number of aromatic nitrogens is 1. The number of fused-ring (bicyclic) bond motifs is 11. The van der Waals surface area contributed by atoms with E-state index in [0.717, 1.165) is 55.6 Å². The van der Waals surface area contributed by atoms with Gasteiger partial charge in [0.05, 0.1) is 22.1 Å². The lowest BCUT2D eigenvalue weighted by Gasteiger charge is -2.26. The van der Waals surface area contributed by atoms with E-state index in [0.29, 0.717) is 0 Å². The molecule has 0 saturated carbocycles. The molecule has 0 bridgehead atoms. The fourth-order valence-corrected chi connectivity index (χ4v) is 9.92. The highest BCUT2D eigenvalue weighted by atomic mass is 32.1. The van der Waals surface area contributed by atoms with Crippen molar-refractivity contribution in [3.8, 4) is 16.8 Å². The summed E-state index contributed by atoms with van der Waals surface area (Å²) in [5.41, 5.74) is 10.9. The van der Waals surface area contributed by atoms with Crippen molar-refractivity contribution in [2.75, 3.05) is 4.90 Å². The second kappa shape index (κ2) is 12.2. The third-order valence-corrected chi connectivity index (χ3v) is 12.5. The van der Waals surface area contributed by atoms with Crippen molar-refractivity contribution in [2.24, 2.45) is 0 Å². The molecule has 9 aromatic carbocycles. The summed E-state index contributed by atoms with van der Waals surface area (Å²) >= 11 is 1.85. The van der Waals surface area contributed by atoms with E-state index >= 15 is 0 Å². The largest absolute Gasteiger partial charge is 0.455 e. The first kappa shape index (κ1) is 31.2. The molecule has 12 rings (SSSR count). The minimum absolute atomic E-state index is 0.874. The fourth-order valence-electron chi connectivity index (χ4n) is 8.83. The highest BCUT2D eigenvalue weighted by molar-refractivity contribution is 7.25. The van der Waals surface area contributed by atoms with E-state index in [2.05, 4.69) is 204 Å². The second-order valence-electron chi connectivity index (χ2n) is 14.5. The Morgan fingerprint density at radius 3 is 1.93 bits per heavy atom. The van der Waals surface area contributed by atoms with Crippen LogP contribution in [0.5, 0.6) is 0 Å². The average molecular weight is 733 g/mol. The van der Waals surface area contributed by atoms with E-state index in [4.69, 9.17) is 4.42 Å². The first-order valence-corrected chi connectivity index (χ1v) is 19.8. The molecule has 0 aliphatic heterocycles. The molecule has 0 atom stereocenters. The molecule has 56 heavy (non-hydrogen) atoms. The molecule has 262 valence electrons. The van der Waals surface area contributed by atoms with Crippen molar-refractivity contribution < 1.29 is 4.42 Å². The second-order valence-corrected chi connectivity index (χ2v) is 15.6. The summed E-state index contributed by atoms with van der Waals surface area (Å²) in [5, 5.41) is 9.59. The summed E-state index contributed by atoms with van der Waals surface area (Å²) in [6.45, 7) is 0. The van der Waals surface area contributed by atoms with Crippen LogP contribution in [0, 0.1) is 0 Å². The van der Waals surface area contributed by atoms with Gasteiger partial charge in [-0.1, -0.05) is 115 Å². The Balaban J connectivity index is 1.03. The van der Waals surface area contributed by atoms with Crippen LogP contribution < -0.4 is 4.90 Å². The number of hydrogen-bond acceptors (Lipinski definition) is 3. The Morgan fingerprint density at radius 2 is 1.11 bits per heavy atom. The molecule has 0 unspecified atom stereocenters. The lowest BCUT2D eigenvalue weighted by atomic mass is 10.0. The Bertz CT molecular complexity index is 3440. The van der Waals surface area contributed by atoms with Gasteiger partial charge in [0.15, 0.2) is 0 Å². The van der Waals surface area contributed by atoms with Crippen LogP contribution in [-0.4, -0.2) is 4.57 Å². The van der Waals surface area contributed by atoms with Crippen LogP contribution in [0.3, 0.4) is 0 Å². The minimum Gasteiger partial charge on any atom is -0.455 e. The lowest BCUT2D eigenvalue weighted by Crippen LogP contribution is -2.10. The predicted molar refractivity (Wildman–Crippen MR) is 239 cm³/mol. The van der Waals surface area contributed by atoms with Crippen molar-refractivity contribution in [1.82, 2.24) is 4.57 Å². The van der Waals surface area contributed by atoms with Crippen LogP contribution in [0.2, 0.25) is 0 Å². The molecule has 0 fully saturated rings. The maximum atomic E-state index is 6.69. The zero-order valence-electron chi connectivity index (χ0n) is 30.2. The van der Waals surface area contributed by atoms with E-state index in [1.807, 2.05) is 11.3 Å². The molecule has 0 amide bonds. The first-order valence-electron chi connectivity index (χ1n) is 19.0. The summed E-state index contributed by atoms with van der Waals surface area (Å²) in [7, 11) is 0. The van der Waals surface area contributed by atoms with Crippen LogP contribution >= 0.6 is 11.3 Å². The number of thiophene rings is 1. The number of rotatable bonds is 5. The van der Waals surface area contributed by atoms with E-state index in [9.17, 15) is 0 Å². The Morgan fingerprint density at radius 1 is 0.429 bits per heavy atom. The van der Waals surface area contributed by atoms with Crippen LogP contribution in [0.15, 0.2) is 199 Å². The molecular weight excluding hydrogens is 701 g/mol. The third-order valence-electron chi connectivity index (χ3n) is 11.4. The van der Waals surface area contributed by atoms with Crippen molar-refractivity contribution in [2.45, 2.75) is 0 Å². The van der Waals surface area contributed by atoms with Crippen LogP contribution in [0.25, 0.3) is 91.5 Å².